The van der Waals surface area contributed by atoms with Gasteiger partial charge in [-0.05, 0) is 61.1 Å². The van der Waals surface area contributed by atoms with Crippen LogP contribution in [0.5, 0.6) is 5.75 Å². The summed E-state index contributed by atoms with van der Waals surface area (Å²) >= 11 is 1.73. The van der Waals surface area contributed by atoms with Crippen LogP contribution in [0.1, 0.15) is 23.1 Å². The smallest absolute Gasteiger partial charge is 0.335 e. The van der Waals surface area contributed by atoms with Gasteiger partial charge in [-0.3, -0.25) is 0 Å². The zero-order chi connectivity index (χ0) is 24.2. The predicted octanol–water partition coefficient (Wildman–Crippen LogP) is 7.09. The maximum atomic E-state index is 11.7. The molecule has 4 nitrogen and oxygen atoms in total. The second-order valence-electron chi connectivity index (χ2n) is 8.08. The summed E-state index contributed by atoms with van der Waals surface area (Å²) < 4.78 is 12.8. The number of thiophene rings is 1. The molecule has 0 saturated carbocycles. The van der Waals surface area contributed by atoms with E-state index in [1.807, 2.05) is 19.1 Å². The van der Waals surface area contributed by atoms with Gasteiger partial charge in [0.1, 0.15) is 5.75 Å². The van der Waals surface area contributed by atoms with Crippen molar-refractivity contribution in [3.8, 4) is 16.9 Å². The fourth-order valence-electron chi connectivity index (χ4n) is 4.09. The van der Waals surface area contributed by atoms with Gasteiger partial charge in [-0.2, -0.15) is 0 Å². The van der Waals surface area contributed by atoms with Crippen LogP contribution in [0, 0.1) is 13.8 Å². The lowest BCUT2D eigenvalue weighted by Crippen LogP contribution is -2.04. The number of esters is 2. The highest BCUT2D eigenvalue weighted by molar-refractivity contribution is 7.26. The van der Waals surface area contributed by atoms with Crippen LogP contribution in [0.4, 0.5) is 0 Å². The minimum absolute atomic E-state index is 0.383. The van der Waals surface area contributed by atoms with E-state index in [-0.39, 0.29) is 5.97 Å². The molecule has 0 saturated heterocycles. The van der Waals surface area contributed by atoms with Crippen molar-refractivity contribution >= 4 is 43.4 Å². The molecule has 0 amide bonds. The average Bonchev–Trinajstić information content (AvgIpc) is 3.24. The highest BCUT2D eigenvalue weighted by Gasteiger charge is 2.15. The average molecular weight is 471 g/mol. The molecule has 0 N–H and O–H groups in total. The number of carbonyl (C=O) groups excluding carboxylic acids is 2. The number of hydrogen-bond acceptors (Lipinski definition) is 5. The molecule has 172 valence electrons. The first-order valence-electron chi connectivity index (χ1n) is 11.1. The van der Waals surface area contributed by atoms with E-state index >= 15 is 0 Å². The molecule has 0 atom stereocenters. The minimum Gasteiger partial charge on any atom is -0.463 e. The van der Waals surface area contributed by atoms with Crippen molar-refractivity contribution < 1.29 is 19.1 Å². The monoisotopic (exact) mass is 470 g/mol. The first-order chi connectivity index (χ1) is 16.4. The zero-order valence-corrected chi connectivity index (χ0v) is 20.2. The van der Waals surface area contributed by atoms with Crippen LogP contribution < -0.4 is 4.74 Å². The van der Waals surface area contributed by atoms with E-state index in [9.17, 15) is 9.59 Å². The van der Waals surface area contributed by atoms with Crippen LogP contribution in [0.3, 0.4) is 0 Å². The molecule has 0 aliphatic carbocycles. The SMILES string of the molecule is C=CC(=O)OCCCc1ccc(-c2ccc3c(sc4c(C)c(OC(=O)C=C)ccc43)c2C)cc1. The summed E-state index contributed by atoms with van der Waals surface area (Å²) in [6.45, 7) is 11.4. The Balaban J connectivity index is 1.60. The molecule has 5 heteroatoms. The van der Waals surface area contributed by atoms with E-state index in [2.05, 4.69) is 56.5 Å². The van der Waals surface area contributed by atoms with Crippen molar-refractivity contribution in [3.63, 3.8) is 0 Å². The fourth-order valence-corrected chi connectivity index (χ4v) is 5.38. The minimum atomic E-state index is -0.455. The molecule has 1 aromatic heterocycles. The standard InChI is InChI=1S/C29H26O4S/c1-5-26(30)32-17-7-8-20-9-11-21(12-10-20)22-13-14-23-24-15-16-25(33-27(31)6-2)19(4)29(24)34-28(23)18(22)3/h5-6,9-16H,1-2,7-8,17H2,3-4H3. The van der Waals surface area contributed by atoms with Gasteiger partial charge in [0.2, 0.25) is 0 Å². The molecule has 0 aliphatic rings. The van der Waals surface area contributed by atoms with Crippen LogP contribution in [0.2, 0.25) is 0 Å². The Morgan fingerprint density at radius 2 is 1.50 bits per heavy atom. The topological polar surface area (TPSA) is 52.6 Å². The largest absolute Gasteiger partial charge is 0.463 e. The van der Waals surface area contributed by atoms with E-state index < -0.39 is 5.97 Å². The Hall–Kier alpha value is -3.70. The number of carbonyl (C=O) groups is 2. The lowest BCUT2D eigenvalue weighted by molar-refractivity contribution is -0.137. The third-order valence-electron chi connectivity index (χ3n) is 5.92. The fraction of sp³-hybridized carbons (Fsp3) is 0.172. The summed E-state index contributed by atoms with van der Waals surface area (Å²) in [7, 11) is 0. The van der Waals surface area contributed by atoms with Gasteiger partial charge in [0.25, 0.3) is 0 Å². The molecule has 0 bridgehead atoms. The highest BCUT2D eigenvalue weighted by Crippen LogP contribution is 2.42. The number of rotatable bonds is 8. The Kier molecular flexibility index (Phi) is 6.94. The van der Waals surface area contributed by atoms with Gasteiger partial charge >= 0.3 is 11.9 Å². The first-order valence-corrected chi connectivity index (χ1v) is 11.9. The van der Waals surface area contributed by atoms with Gasteiger partial charge in [-0.25, -0.2) is 9.59 Å². The molecule has 0 fully saturated rings. The summed E-state index contributed by atoms with van der Waals surface area (Å²) in [5, 5.41) is 2.37. The number of hydrogen-bond donors (Lipinski definition) is 0. The third-order valence-corrected chi connectivity index (χ3v) is 7.38. The van der Waals surface area contributed by atoms with Crippen LogP contribution in [-0.4, -0.2) is 18.5 Å². The lowest BCUT2D eigenvalue weighted by Gasteiger charge is -2.09. The van der Waals surface area contributed by atoms with Gasteiger partial charge in [-0.15, -0.1) is 11.3 Å². The van der Waals surface area contributed by atoms with Crippen molar-refractivity contribution in [2.75, 3.05) is 6.61 Å². The lowest BCUT2D eigenvalue weighted by atomic mass is 9.96. The second-order valence-corrected chi connectivity index (χ2v) is 9.10. The molecule has 4 rings (SSSR count). The summed E-state index contributed by atoms with van der Waals surface area (Å²) in [5.41, 5.74) is 5.75. The quantitative estimate of drug-likeness (QED) is 0.119. The summed E-state index contributed by atoms with van der Waals surface area (Å²) in [5.74, 6) is -0.272. The van der Waals surface area contributed by atoms with Crippen molar-refractivity contribution in [2.45, 2.75) is 26.7 Å². The summed E-state index contributed by atoms with van der Waals surface area (Å²) in [6, 6.07) is 16.8. The van der Waals surface area contributed by atoms with Gasteiger partial charge in [0, 0.05) is 37.9 Å². The molecule has 3 aromatic carbocycles. The second kappa shape index (κ2) is 10.1. The Bertz CT molecular complexity index is 1410. The van der Waals surface area contributed by atoms with Crippen molar-refractivity contribution in [3.05, 3.63) is 90.5 Å². The Morgan fingerprint density at radius 1 is 0.853 bits per heavy atom. The molecule has 4 aromatic rings. The normalized spacial score (nSPS) is 10.9. The maximum Gasteiger partial charge on any atom is 0.335 e. The van der Waals surface area contributed by atoms with Gasteiger partial charge in [-0.1, -0.05) is 49.6 Å². The molecule has 0 unspecified atom stereocenters. The van der Waals surface area contributed by atoms with E-state index in [1.54, 1.807) is 11.3 Å². The van der Waals surface area contributed by atoms with E-state index in [0.717, 1.165) is 34.1 Å². The van der Waals surface area contributed by atoms with Crippen LogP contribution >= 0.6 is 11.3 Å². The van der Waals surface area contributed by atoms with Crippen LogP contribution in [0.15, 0.2) is 73.8 Å². The molecule has 1 heterocycles. The van der Waals surface area contributed by atoms with Crippen molar-refractivity contribution in [1.82, 2.24) is 0 Å². The van der Waals surface area contributed by atoms with Crippen LogP contribution in [0.25, 0.3) is 31.3 Å². The van der Waals surface area contributed by atoms with Crippen molar-refractivity contribution in [1.29, 1.82) is 0 Å². The van der Waals surface area contributed by atoms with Gasteiger partial charge < -0.3 is 9.47 Å². The molecular formula is C29H26O4S. The first kappa shape index (κ1) is 23.5. The Morgan fingerprint density at radius 3 is 2.18 bits per heavy atom. The Labute approximate surface area is 203 Å². The molecule has 0 radical (unpaired) electrons. The molecule has 0 spiro atoms. The number of ether oxygens (including phenoxy) is 2. The van der Waals surface area contributed by atoms with E-state index in [1.165, 1.54) is 38.9 Å². The number of benzene rings is 3. The highest BCUT2D eigenvalue weighted by atomic mass is 32.1. The molecule has 0 aliphatic heterocycles. The number of fused-ring (bicyclic) bond motifs is 3. The van der Waals surface area contributed by atoms with Gasteiger partial charge in [0.05, 0.1) is 6.61 Å². The predicted molar refractivity (Wildman–Crippen MR) is 140 cm³/mol. The summed E-state index contributed by atoms with van der Waals surface area (Å²) in [4.78, 5) is 22.8. The number of aryl methyl sites for hydroxylation is 3. The van der Waals surface area contributed by atoms with E-state index in [4.69, 9.17) is 9.47 Å². The zero-order valence-electron chi connectivity index (χ0n) is 19.4. The molecule has 34 heavy (non-hydrogen) atoms. The van der Waals surface area contributed by atoms with E-state index in [0.29, 0.717) is 12.4 Å². The molecular weight excluding hydrogens is 444 g/mol. The maximum absolute atomic E-state index is 11.7. The van der Waals surface area contributed by atoms with Gasteiger partial charge in [0.15, 0.2) is 0 Å². The third kappa shape index (κ3) is 4.66. The summed E-state index contributed by atoms with van der Waals surface area (Å²) in [6.07, 6.45) is 3.97. The van der Waals surface area contributed by atoms with Crippen molar-refractivity contribution in [2.24, 2.45) is 0 Å². The van der Waals surface area contributed by atoms with Crippen LogP contribution in [-0.2, 0) is 20.7 Å².